The van der Waals surface area contributed by atoms with Gasteiger partial charge in [-0.05, 0) is 29.8 Å². The topological polar surface area (TPSA) is 47.3 Å². The Kier molecular flexibility index (Phi) is 3.62. The van der Waals surface area contributed by atoms with Crippen LogP contribution < -0.4 is 0 Å². The molecule has 4 aromatic carbocycles. The maximum absolute atomic E-state index is 13.5. The number of rotatable bonds is 1. The van der Waals surface area contributed by atoms with Crippen molar-refractivity contribution in [2.24, 2.45) is 0 Å². The van der Waals surface area contributed by atoms with Crippen LogP contribution in [-0.4, -0.2) is 11.6 Å². The summed E-state index contributed by atoms with van der Waals surface area (Å²) in [7, 11) is 0. The molecule has 0 fully saturated rings. The van der Waals surface area contributed by atoms with E-state index in [1.54, 1.807) is 30.3 Å². The highest BCUT2D eigenvalue weighted by Gasteiger charge is 2.33. The van der Waals surface area contributed by atoms with Crippen molar-refractivity contribution in [3.8, 4) is 11.1 Å². The number of furan rings is 1. The highest BCUT2D eigenvalue weighted by Crippen LogP contribution is 2.43. The number of para-hydroxylation sites is 1. The summed E-state index contributed by atoms with van der Waals surface area (Å²) in [6, 6.07) is 24.3. The van der Waals surface area contributed by atoms with Gasteiger partial charge in [0.2, 0.25) is 0 Å². The van der Waals surface area contributed by atoms with Gasteiger partial charge >= 0.3 is 0 Å². The van der Waals surface area contributed by atoms with Gasteiger partial charge in [0.25, 0.3) is 0 Å². The van der Waals surface area contributed by atoms with Crippen LogP contribution in [0.15, 0.2) is 87.8 Å². The molecule has 1 aromatic heterocycles. The SMILES string of the molecule is O=C1c2ccccc2C(=O)c2c1cc(-c1ccc(Br)cc1)c1oc3ccccc3c21. The Morgan fingerprint density at radius 1 is 0.667 bits per heavy atom. The zero-order valence-corrected chi connectivity index (χ0v) is 17.2. The summed E-state index contributed by atoms with van der Waals surface area (Å²) in [5.41, 5.74) is 4.78. The van der Waals surface area contributed by atoms with Crippen LogP contribution in [0.3, 0.4) is 0 Å². The molecule has 3 nitrogen and oxygen atoms in total. The minimum atomic E-state index is -0.140. The van der Waals surface area contributed by atoms with Crippen LogP contribution in [0.1, 0.15) is 31.8 Å². The first-order chi connectivity index (χ1) is 14.6. The molecule has 0 aliphatic heterocycles. The molecule has 0 N–H and O–H groups in total. The fourth-order valence-corrected chi connectivity index (χ4v) is 4.58. The molecule has 1 heterocycles. The molecule has 142 valence electrons. The van der Waals surface area contributed by atoms with Crippen molar-refractivity contribution in [2.75, 3.05) is 0 Å². The Hall–Kier alpha value is -3.50. The van der Waals surface area contributed by atoms with Crippen molar-refractivity contribution in [1.82, 2.24) is 0 Å². The molecule has 0 saturated carbocycles. The minimum absolute atomic E-state index is 0.134. The van der Waals surface area contributed by atoms with Crippen molar-refractivity contribution >= 4 is 49.4 Å². The predicted octanol–water partition coefficient (Wildman–Crippen LogP) is 6.79. The molecular formula is C26H13BrO3. The molecule has 0 bridgehead atoms. The maximum Gasteiger partial charge on any atom is 0.195 e. The third-order valence-corrected chi connectivity index (χ3v) is 6.22. The highest BCUT2D eigenvalue weighted by molar-refractivity contribution is 9.10. The average molecular weight is 453 g/mol. The average Bonchev–Trinajstić information content (AvgIpc) is 3.17. The molecule has 0 unspecified atom stereocenters. The first-order valence-electron chi connectivity index (χ1n) is 9.56. The van der Waals surface area contributed by atoms with E-state index in [0.29, 0.717) is 38.8 Å². The van der Waals surface area contributed by atoms with Gasteiger partial charge in [-0.25, -0.2) is 0 Å². The zero-order valence-electron chi connectivity index (χ0n) is 15.6. The van der Waals surface area contributed by atoms with Gasteiger partial charge in [-0.1, -0.05) is 70.5 Å². The monoisotopic (exact) mass is 452 g/mol. The lowest BCUT2D eigenvalue weighted by Crippen LogP contribution is -2.21. The van der Waals surface area contributed by atoms with Crippen LogP contribution >= 0.6 is 15.9 Å². The van der Waals surface area contributed by atoms with E-state index >= 15 is 0 Å². The van der Waals surface area contributed by atoms with E-state index in [0.717, 1.165) is 21.0 Å². The van der Waals surface area contributed by atoms with E-state index in [4.69, 9.17) is 4.42 Å². The molecule has 0 atom stereocenters. The van der Waals surface area contributed by atoms with Crippen molar-refractivity contribution in [2.45, 2.75) is 0 Å². The third kappa shape index (κ3) is 2.31. The molecular weight excluding hydrogens is 440 g/mol. The first-order valence-corrected chi connectivity index (χ1v) is 10.4. The molecule has 6 rings (SSSR count). The molecule has 0 spiro atoms. The summed E-state index contributed by atoms with van der Waals surface area (Å²) >= 11 is 3.47. The highest BCUT2D eigenvalue weighted by atomic mass is 79.9. The second kappa shape index (κ2) is 6.25. The van der Waals surface area contributed by atoms with Gasteiger partial charge in [0.15, 0.2) is 11.6 Å². The fourth-order valence-electron chi connectivity index (χ4n) is 4.32. The van der Waals surface area contributed by atoms with E-state index in [9.17, 15) is 9.59 Å². The van der Waals surface area contributed by atoms with Crippen LogP contribution in [0, 0.1) is 0 Å². The van der Waals surface area contributed by atoms with Gasteiger partial charge in [0.1, 0.15) is 11.2 Å². The Balaban J connectivity index is 1.79. The van der Waals surface area contributed by atoms with Gasteiger partial charge in [-0.15, -0.1) is 0 Å². The number of hydrogen-bond acceptors (Lipinski definition) is 3. The van der Waals surface area contributed by atoms with Crippen LogP contribution in [0.5, 0.6) is 0 Å². The number of fused-ring (bicyclic) bond motifs is 6. The largest absolute Gasteiger partial charge is 0.455 e. The number of ketones is 2. The van der Waals surface area contributed by atoms with Crippen molar-refractivity contribution < 1.29 is 14.0 Å². The molecule has 1 aliphatic carbocycles. The quantitative estimate of drug-likeness (QED) is 0.275. The number of carbonyl (C=O) groups excluding carboxylic acids is 2. The van der Waals surface area contributed by atoms with Crippen molar-refractivity contribution in [3.05, 3.63) is 106 Å². The summed E-state index contributed by atoms with van der Waals surface area (Å²) < 4.78 is 7.19. The molecule has 1 aliphatic rings. The van der Waals surface area contributed by atoms with E-state index in [1.807, 2.05) is 48.5 Å². The lowest BCUT2D eigenvalue weighted by atomic mass is 9.80. The van der Waals surface area contributed by atoms with E-state index in [2.05, 4.69) is 15.9 Å². The van der Waals surface area contributed by atoms with E-state index in [-0.39, 0.29) is 11.6 Å². The number of halogens is 1. The first kappa shape index (κ1) is 17.4. The zero-order chi connectivity index (χ0) is 20.4. The van der Waals surface area contributed by atoms with Gasteiger partial charge in [-0.2, -0.15) is 0 Å². The summed E-state index contributed by atoms with van der Waals surface area (Å²) in [4.78, 5) is 26.9. The second-order valence-electron chi connectivity index (χ2n) is 7.36. The number of carbonyl (C=O) groups is 2. The summed E-state index contributed by atoms with van der Waals surface area (Å²) in [5, 5.41) is 1.54. The van der Waals surface area contributed by atoms with Gasteiger partial charge < -0.3 is 4.42 Å². The van der Waals surface area contributed by atoms with Crippen LogP contribution in [0.4, 0.5) is 0 Å². The smallest absolute Gasteiger partial charge is 0.195 e. The molecule has 30 heavy (non-hydrogen) atoms. The van der Waals surface area contributed by atoms with Crippen molar-refractivity contribution in [1.29, 1.82) is 0 Å². The maximum atomic E-state index is 13.5. The van der Waals surface area contributed by atoms with Crippen LogP contribution in [0.25, 0.3) is 33.1 Å². The molecule has 0 saturated heterocycles. The van der Waals surface area contributed by atoms with Crippen LogP contribution in [-0.2, 0) is 0 Å². The van der Waals surface area contributed by atoms with E-state index < -0.39 is 0 Å². The normalized spacial score (nSPS) is 13.0. The number of hydrogen-bond donors (Lipinski definition) is 0. The van der Waals surface area contributed by atoms with Gasteiger partial charge in [0.05, 0.1) is 0 Å². The minimum Gasteiger partial charge on any atom is -0.455 e. The van der Waals surface area contributed by atoms with Gasteiger partial charge in [0, 0.05) is 43.1 Å². The lowest BCUT2D eigenvalue weighted by molar-refractivity contribution is 0.0980. The Labute approximate surface area is 180 Å². The molecule has 0 radical (unpaired) electrons. The van der Waals surface area contributed by atoms with E-state index in [1.165, 1.54) is 0 Å². The molecule has 5 aromatic rings. The summed E-state index contributed by atoms with van der Waals surface area (Å²) in [5.74, 6) is -0.273. The Bertz CT molecular complexity index is 1520. The van der Waals surface area contributed by atoms with Gasteiger partial charge in [-0.3, -0.25) is 9.59 Å². The van der Waals surface area contributed by atoms with Crippen molar-refractivity contribution in [3.63, 3.8) is 0 Å². The lowest BCUT2D eigenvalue weighted by Gasteiger charge is -2.19. The standard InChI is InChI=1S/C26H13BrO3/c27-15-11-9-14(10-12-15)19-13-20-22(23-18-7-3-4-8-21(18)30-26(19)23)25(29)17-6-2-1-5-16(17)24(20)28/h1-13H. The van der Waals surface area contributed by atoms with Crippen LogP contribution in [0.2, 0.25) is 0 Å². The number of benzene rings is 4. The second-order valence-corrected chi connectivity index (χ2v) is 8.28. The molecule has 4 heteroatoms. The molecule has 0 amide bonds. The fraction of sp³-hybridized carbons (Fsp3) is 0. The summed E-state index contributed by atoms with van der Waals surface area (Å²) in [6.45, 7) is 0. The Morgan fingerprint density at radius 3 is 2.10 bits per heavy atom. The Morgan fingerprint density at radius 2 is 1.33 bits per heavy atom. The summed E-state index contributed by atoms with van der Waals surface area (Å²) in [6.07, 6.45) is 0. The third-order valence-electron chi connectivity index (χ3n) is 5.69. The predicted molar refractivity (Wildman–Crippen MR) is 120 cm³/mol.